The zero-order valence-electron chi connectivity index (χ0n) is 20.7. The predicted molar refractivity (Wildman–Crippen MR) is 140 cm³/mol. The normalized spacial score (nSPS) is 12.0. The summed E-state index contributed by atoms with van der Waals surface area (Å²) < 4.78 is 0. The van der Waals surface area contributed by atoms with Gasteiger partial charge in [0.25, 0.3) is 5.91 Å². The molecular weight excluding hydrogens is 448 g/mol. The Morgan fingerprint density at radius 2 is 1.74 bits per heavy atom. The van der Waals surface area contributed by atoms with Crippen LogP contribution in [0.3, 0.4) is 0 Å². The summed E-state index contributed by atoms with van der Waals surface area (Å²) in [7, 11) is 0. The molecule has 0 bridgehead atoms. The third-order valence-electron chi connectivity index (χ3n) is 5.74. The van der Waals surface area contributed by atoms with Crippen molar-refractivity contribution < 1.29 is 19.5 Å². The molecule has 0 aliphatic rings. The van der Waals surface area contributed by atoms with E-state index in [4.69, 9.17) is 4.84 Å². The van der Waals surface area contributed by atoms with E-state index in [1.54, 1.807) is 17.8 Å². The van der Waals surface area contributed by atoms with Crippen LogP contribution in [0.25, 0.3) is 11.1 Å². The Bertz CT molecular complexity index is 929. The van der Waals surface area contributed by atoms with E-state index in [9.17, 15) is 14.7 Å². The van der Waals surface area contributed by atoms with Crippen molar-refractivity contribution in [2.45, 2.75) is 71.6 Å². The van der Waals surface area contributed by atoms with Crippen LogP contribution in [0.1, 0.15) is 67.4 Å². The first-order valence-corrected chi connectivity index (χ1v) is 13.4. The molecule has 3 N–H and O–H groups in total. The van der Waals surface area contributed by atoms with Gasteiger partial charge in [0.2, 0.25) is 0 Å². The molecule has 1 amide bonds. The Hall–Kier alpha value is -2.35. The number of benzene rings is 2. The second kappa shape index (κ2) is 14.8. The lowest BCUT2D eigenvalue weighted by molar-refractivity contribution is -0.139. The molecule has 0 saturated carbocycles. The maximum absolute atomic E-state index is 13.2. The topological polar surface area (TPSA) is 87.7 Å². The average Bonchev–Trinajstić information content (AvgIpc) is 2.82. The molecule has 0 heterocycles. The van der Waals surface area contributed by atoms with Crippen LogP contribution in [-0.2, 0) is 16.2 Å². The Morgan fingerprint density at radius 1 is 1.03 bits per heavy atom. The number of carbonyl (C=O) groups is 2. The number of carbonyl (C=O) groups excluding carboxylic acids is 1. The van der Waals surface area contributed by atoms with Gasteiger partial charge < -0.3 is 10.4 Å². The molecule has 2 aromatic carbocycles. The third-order valence-corrected chi connectivity index (χ3v) is 6.38. The van der Waals surface area contributed by atoms with Crippen LogP contribution < -0.4 is 10.8 Å². The van der Waals surface area contributed by atoms with E-state index in [1.807, 2.05) is 49.6 Å². The fourth-order valence-corrected chi connectivity index (χ4v) is 4.38. The summed E-state index contributed by atoms with van der Waals surface area (Å²) in [5, 5.41) is 12.2. The van der Waals surface area contributed by atoms with Crippen molar-refractivity contribution in [1.82, 2.24) is 10.8 Å². The van der Waals surface area contributed by atoms with E-state index in [2.05, 4.69) is 24.6 Å². The van der Waals surface area contributed by atoms with Gasteiger partial charge in [0, 0.05) is 11.6 Å². The van der Waals surface area contributed by atoms with Gasteiger partial charge in [-0.25, -0.2) is 4.79 Å². The average molecular weight is 487 g/mol. The maximum atomic E-state index is 13.2. The highest BCUT2D eigenvalue weighted by Gasteiger charge is 2.22. The maximum Gasteiger partial charge on any atom is 0.326 e. The zero-order chi connectivity index (χ0) is 24.9. The number of aryl methyl sites for hydroxylation is 1. The molecular formula is C27H38N2O4S. The fraction of sp³-hybridized carbons (Fsp3) is 0.481. The quantitative estimate of drug-likeness (QED) is 0.285. The molecule has 0 spiro atoms. The Labute approximate surface area is 207 Å². The van der Waals surface area contributed by atoms with Gasteiger partial charge in [-0.2, -0.15) is 17.2 Å². The van der Waals surface area contributed by atoms with Crippen molar-refractivity contribution in [2.75, 3.05) is 12.0 Å². The minimum Gasteiger partial charge on any atom is -0.480 e. The minimum atomic E-state index is -1.02. The summed E-state index contributed by atoms with van der Waals surface area (Å²) >= 11 is 1.56. The first kappa shape index (κ1) is 27.9. The Balaban J connectivity index is 2.28. The van der Waals surface area contributed by atoms with Crippen molar-refractivity contribution in [1.29, 1.82) is 0 Å². The highest BCUT2D eigenvalue weighted by Crippen LogP contribution is 2.28. The van der Waals surface area contributed by atoms with E-state index in [1.165, 1.54) is 0 Å². The van der Waals surface area contributed by atoms with Gasteiger partial charge >= 0.3 is 5.97 Å². The Morgan fingerprint density at radius 3 is 2.35 bits per heavy atom. The first-order valence-electron chi connectivity index (χ1n) is 12.0. The molecule has 1 atom stereocenters. The second-order valence-corrected chi connectivity index (χ2v) is 9.51. The fourth-order valence-electron chi connectivity index (χ4n) is 3.91. The summed E-state index contributed by atoms with van der Waals surface area (Å²) in [5.74, 6) is -0.754. The summed E-state index contributed by atoms with van der Waals surface area (Å²) in [6, 6.07) is 12.9. The molecule has 0 saturated heterocycles. The van der Waals surface area contributed by atoms with E-state index in [0.29, 0.717) is 30.4 Å². The number of hydroxylamine groups is 1. The molecule has 2 rings (SSSR count). The van der Waals surface area contributed by atoms with Crippen molar-refractivity contribution in [2.24, 2.45) is 0 Å². The molecule has 0 aromatic heterocycles. The molecule has 6 nitrogen and oxygen atoms in total. The van der Waals surface area contributed by atoms with Crippen LogP contribution >= 0.6 is 11.8 Å². The van der Waals surface area contributed by atoms with Gasteiger partial charge in [0.15, 0.2) is 0 Å². The summed E-state index contributed by atoms with van der Waals surface area (Å²) in [6.45, 7) is 6.70. The van der Waals surface area contributed by atoms with E-state index < -0.39 is 12.0 Å². The lowest BCUT2D eigenvalue weighted by Crippen LogP contribution is -2.41. The number of thioether (sulfide) groups is 1. The zero-order valence-corrected chi connectivity index (χ0v) is 21.5. The van der Waals surface area contributed by atoms with Crippen molar-refractivity contribution in [3.8, 4) is 11.1 Å². The van der Waals surface area contributed by atoms with Gasteiger partial charge in [-0.05, 0) is 72.6 Å². The van der Waals surface area contributed by atoms with Crippen molar-refractivity contribution in [3.05, 3.63) is 59.2 Å². The van der Waals surface area contributed by atoms with Gasteiger partial charge in [0.05, 0.1) is 6.61 Å². The lowest BCUT2D eigenvalue weighted by atomic mass is 9.93. The first-order chi connectivity index (χ1) is 16.4. The van der Waals surface area contributed by atoms with Crippen LogP contribution in [0, 0.1) is 6.92 Å². The smallest absolute Gasteiger partial charge is 0.326 e. The molecule has 34 heavy (non-hydrogen) atoms. The molecule has 0 radical (unpaired) electrons. The van der Waals surface area contributed by atoms with Gasteiger partial charge in [0.1, 0.15) is 6.04 Å². The molecule has 2 aromatic rings. The molecule has 0 aliphatic heterocycles. The highest BCUT2D eigenvalue weighted by molar-refractivity contribution is 7.98. The number of nitrogens with one attached hydrogen (secondary N) is 2. The summed E-state index contributed by atoms with van der Waals surface area (Å²) in [4.78, 5) is 30.6. The van der Waals surface area contributed by atoms with Crippen LogP contribution in [0.15, 0.2) is 42.5 Å². The second-order valence-electron chi connectivity index (χ2n) is 8.52. The summed E-state index contributed by atoms with van der Waals surface area (Å²) in [5.41, 5.74) is 7.32. The number of hydrogen-bond acceptors (Lipinski definition) is 5. The van der Waals surface area contributed by atoms with E-state index in [-0.39, 0.29) is 5.91 Å². The van der Waals surface area contributed by atoms with Crippen molar-refractivity contribution in [3.63, 3.8) is 0 Å². The lowest BCUT2D eigenvalue weighted by Gasteiger charge is -2.19. The third kappa shape index (κ3) is 8.46. The monoisotopic (exact) mass is 486 g/mol. The number of hydrogen-bond donors (Lipinski definition) is 3. The predicted octanol–water partition coefficient (Wildman–Crippen LogP) is 5.59. The number of aliphatic carboxylic acids is 1. The number of carboxylic acids is 1. The molecule has 0 fully saturated rings. The number of rotatable bonds is 15. The van der Waals surface area contributed by atoms with Gasteiger partial charge in [-0.1, -0.05) is 57.0 Å². The van der Waals surface area contributed by atoms with Crippen LogP contribution in [0.2, 0.25) is 0 Å². The van der Waals surface area contributed by atoms with Crippen LogP contribution in [0.4, 0.5) is 0 Å². The van der Waals surface area contributed by atoms with E-state index in [0.717, 1.165) is 47.9 Å². The molecule has 0 aliphatic carbocycles. The SMILES string of the molecule is CCCC(CCC)NOCc1ccc(C(=O)NC(CCSC)C(=O)O)c(-c2ccccc2C)c1. The molecule has 7 heteroatoms. The number of carboxylic acid groups (broad SMARTS) is 1. The molecule has 186 valence electrons. The standard InChI is InChI=1S/C27H38N2O4S/c1-5-9-21(10-6-2)29-33-18-20-13-14-23(24(17-20)22-12-8-7-11-19(22)3)26(30)28-25(27(31)32)15-16-34-4/h7-8,11-14,17,21,25,29H,5-6,9-10,15-16,18H2,1-4H3,(H,28,30)(H,31,32). The largest absolute Gasteiger partial charge is 0.480 e. The Kier molecular flexibility index (Phi) is 12.2. The van der Waals surface area contributed by atoms with Gasteiger partial charge in [-0.3, -0.25) is 9.63 Å². The summed E-state index contributed by atoms with van der Waals surface area (Å²) in [6.07, 6.45) is 6.59. The number of amides is 1. The molecule has 1 unspecified atom stereocenters. The minimum absolute atomic E-state index is 0.324. The van der Waals surface area contributed by atoms with Gasteiger partial charge in [-0.15, -0.1) is 0 Å². The van der Waals surface area contributed by atoms with Crippen LogP contribution in [0.5, 0.6) is 0 Å². The van der Waals surface area contributed by atoms with Crippen molar-refractivity contribution >= 4 is 23.6 Å². The van der Waals surface area contributed by atoms with Crippen LogP contribution in [-0.4, -0.2) is 41.1 Å². The highest BCUT2D eigenvalue weighted by atomic mass is 32.2. The van der Waals surface area contributed by atoms with E-state index >= 15 is 0 Å².